The number of hydrogen-bond acceptors (Lipinski definition) is 2. The van der Waals surface area contributed by atoms with Gasteiger partial charge in [0.15, 0.2) is 0 Å². The van der Waals surface area contributed by atoms with Crippen molar-refractivity contribution in [3.8, 4) is 0 Å². The first-order valence-corrected chi connectivity index (χ1v) is 7.30. The minimum atomic E-state index is -0.0776. The van der Waals surface area contributed by atoms with E-state index >= 15 is 0 Å². The van der Waals surface area contributed by atoms with Crippen LogP contribution in [-0.2, 0) is 0 Å². The molecule has 0 amide bonds. The molecule has 2 rings (SSSR count). The van der Waals surface area contributed by atoms with E-state index in [2.05, 4.69) is 0 Å². The molecule has 0 aromatic rings. The summed E-state index contributed by atoms with van der Waals surface area (Å²) in [6, 6.07) is 0. The summed E-state index contributed by atoms with van der Waals surface area (Å²) < 4.78 is 0. The fraction of sp³-hybridized carbons (Fsp3) is 1.00. The largest absolute Gasteiger partial charge is 0.316 e. The van der Waals surface area contributed by atoms with Crippen molar-refractivity contribution in [1.82, 2.24) is 0 Å². The van der Waals surface area contributed by atoms with Gasteiger partial charge in [-0.1, -0.05) is 64.2 Å². The third-order valence-electron chi connectivity index (χ3n) is 4.83. The van der Waals surface area contributed by atoms with Crippen molar-refractivity contribution in [2.45, 2.75) is 70.4 Å². The predicted molar refractivity (Wildman–Crippen MR) is 68.8 cm³/mol. The molecule has 2 aliphatic rings. The standard InChI is InChI=1S/C14H28N2/c15-14(16)13(11-7-3-1-4-8-11)12-9-5-2-6-10-12/h11-14H,1-10,15-16H2. The first kappa shape index (κ1) is 12.4. The van der Waals surface area contributed by atoms with Gasteiger partial charge in [0.05, 0.1) is 6.17 Å². The molecule has 2 nitrogen and oxygen atoms in total. The summed E-state index contributed by atoms with van der Waals surface area (Å²) in [6.45, 7) is 0. The molecule has 0 unspecified atom stereocenters. The van der Waals surface area contributed by atoms with Gasteiger partial charge in [0.1, 0.15) is 0 Å². The molecule has 0 aliphatic heterocycles. The minimum Gasteiger partial charge on any atom is -0.316 e. The molecule has 0 atom stereocenters. The second kappa shape index (κ2) is 6.02. The monoisotopic (exact) mass is 224 g/mol. The first-order valence-electron chi connectivity index (χ1n) is 7.30. The van der Waals surface area contributed by atoms with Gasteiger partial charge < -0.3 is 11.5 Å². The van der Waals surface area contributed by atoms with Crippen LogP contribution < -0.4 is 11.5 Å². The first-order chi connectivity index (χ1) is 7.79. The number of rotatable bonds is 3. The van der Waals surface area contributed by atoms with Gasteiger partial charge in [-0.05, 0) is 17.8 Å². The zero-order chi connectivity index (χ0) is 11.4. The van der Waals surface area contributed by atoms with E-state index in [0.717, 1.165) is 11.8 Å². The highest BCUT2D eigenvalue weighted by Gasteiger charge is 2.33. The molecule has 0 saturated heterocycles. The molecule has 2 fully saturated rings. The van der Waals surface area contributed by atoms with Crippen LogP contribution in [0, 0.1) is 17.8 Å². The van der Waals surface area contributed by atoms with E-state index in [1.54, 1.807) is 0 Å². The lowest BCUT2D eigenvalue weighted by Gasteiger charge is -2.39. The summed E-state index contributed by atoms with van der Waals surface area (Å²) in [4.78, 5) is 0. The van der Waals surface area contributed by atoms with Crippen LogP contribution in [0.3, 0.4) is 0 Å². The van der Waals surface area contributed by atoms with Crippen molar-refractivity contribution in [3.05, 3.63) is 0 Å². The zero-order valence-corrected chi connectivity index (χ0v) is 10.5. The Balaban J connectivity index is 1.96. The Morgan fingerprint density at radius 1 is 0.625 bits per heavy atom. The average Bonchev–Trinajstić information content (AvgIpc) is 2.31. The van der Waals surface area contributed by atoms with Crippen LogP contribution in [-0.4, -0.2) is 6.17 Å². The van der Waals surface area contributed by atoms with Crippen LogP contribution in [0.25, 0.3) is 0 Å². The molecular formula is C14H28N2. The number of hydrogen-bond donors (Lipinski definition) is 2. The molecule has 2 aliphatic carbocycles. The van der Waals surface area contributed by atoms with E-state index in [0.29, 0.717) is 5.92 Å². The molecule has 4 N–H and O–H groups in total. The van der Waals surface area contributed by atoms with E-state index in [1.165, 1.54) is 64.2 Å². The van der Waals surface area contributed by atoms with E-state index in [-0.39, 0.29) is 6.17 Å². The van der Waals surface area contributed by atoms with E-state index < -0.39 is 0 Å². The van der Waals surface area contributed by atoms with Gasteiger partial charge in [0.25, 0.3) is 0 Å². The molecule has 94 valence electrons. The SMILES string of the molecule is NC(N)C(C1CCCCC1)C1CCCCC1. The lowest BCUT2D eigenvalue weighted by Crippen LogP contribution is -2.47. The summed E-state index contributed by atoms with van der Waals surface area (Å²) in [7, 11) is 0. The third-order valence-corrected chi connectivity index (χ3v) is 4.83. The maximum Gasteiger partial charge on any atom is 0.0555 e. The van der Waals surface area contributed by atoms with E-state index in [1.807, 2.05) is 0 Å². The lowest BCUT2D eigenvalue weighted by molar-refractivity contribution is 0.120. The van der Waals surface area contributed by atoms with Crippen LogP contribution in [0.1, 0.15) is 64.2 Å². The second-order valence-corrected chi connectivity index (χ2v) is 5.95. The van der Waals surface area contributed by atoms with Crippen molar-refractivity contribution >= 4 is 0 Å². The van der Waals surface area contributed by atoms with Crippen molar-refractivity contribution in [3.63, 3.8) is 0 Å². The fourth-order valence-corrected chi connectivity index (χ4v) is 4.05. The minimum absolute atomic E-state index is 0.0776. The molecule has 0 aromatic heterocycles. The third kappa shape index (κ3) is 2.98. The molecule has 2 saturated carbocycles. The van der Waals surface area contributed by atoms with Gasteiger partial charge in [-0.25, -0.2) is 0 Å². The Morgan fingerprint density at radius 2 is 1.00 bits per heavy atom. The summed E-state index contributed by atoms with van der Waals surface area (Å²) in [6.07, 6.45) is 13.9. The Morgan fingerprint density at radius 3 is 1.31 bits per heavy atom. The van der Waals surface area contributed by atoms with Gasteiger partial charge in [-0.15, -0.1) is 0 Å². The van der Waals surface area contributed by atoms with Crippen LogP contribution >= 0.6 is 0 Å². The molecule has 2 heteroatoms. The quantitative estimate of drug-likeness (QED) is 0.724. The molecule has 0 aromatic carbocycles. The average molecular weight is 224 g/mol. The van der Waals surface area contributed by atoms with E-state index in [9.17, 15) is 0 Å². The molecule has 0 heterocycles. The topological polar surface area (TPSA) is 52.0 Å². The van der Waals surface area contributed by atoms with Crippen molar-refractivity contribution in [2.24, 2.45) is 29.2 Å². The van der Waals surface area contributed by atoms with Gasteiger partial charge in [0, 0.05) is 0 Å². The van der Waals surface area contributed by atoms with Crippen LogP contribution in [0.5, 0.6) is 0 Å². The normalized spacial score (nSPS) is 25.5. The van der Waals surface area contributed by atoms with Crippen molar-refractivity contribution in [2.75, 3.05) is 0 Å². The molecule has 0 radical (unpaired) electrons. The molecule has 0 bridgehead atoms. The van der Waals surface area contributed by atoms with Gasteiger partial charge in [-0.2, -0.15) is 0 Å². The van der Waals surface area contributed by atoms with Crippen molar-refractivity contribution < 1.29 is 0 Å². The molecule has 0 spiro atoms. The maximum atomic E-state index is 6.08. The van der Waals surface area contributed by atoms with Crippen LogP contribution in [0.4, 0.5) is 0 Å². The molecular weight excluding hydrogens is 196 g/mol. The highest BCUT2D eigenvalue weighted by Crippen LogP contribution is 2.40. The van der Waals surface area contributed by atoms with Crippen LogP contribution in [0.15, 0.2) is 0 Å². The van der Waals surface area contributed by atoms with Gasteiger partial charge >= 0.3 is 0 Å². The Hall–Kier alpha value is -0.0800. The number of nitrogens with two attached hydrogens (primary N) is 2. The zero-order valence-electron chi connectivity index (χ0n) is 10.5. The predicted octanol–water partition coefficient (Wildman–Crippen LogP) is 3.01. The Labute approximate surface area is 100 Å². The summed E-state index contributed by atoms with van der Waals surface area (Å²) in [5.41, 5.74) is 12.2. The van der Waals surface area contributed by atoms with Gasteiger partial charge in [-0.3, -0.25) is 0 Å². The summed E-state index contributed by atoms with van der Waals surface area (Å²) >= 11 is 0. The highest BCUT2D eigenvalue weighted by atomic mass is 14.9. The Kier molecular flexibility index (Phi) is 4.66. The fourth-order valence-electron chi connectivity index (χ4n) is 4.05. The smallest absolute Gasteiger partial charge is 0.0555 e. The van der Waals surface area contributed by atoms with Crippen molar-refractivity contribution in [1.29, 1.82) is 0 Å². The molecule has 16 heavy (non-hydrogen) atoms. The Bertz CT molecular complexity index is 173. The van der Waals surface area contributed by atoms with Gasteiger partial charge in [0.2, 0.25) is 0 Å². The van der Waals surface area contributed by atoms with Crippen LogP contribution in [0.2, 0.25) is 0 Å². The highest BCUT2D eigenvalue weighted by molar-refractivity contribution is 4.85. The summed E-state index contributed by atoms with van der Waals surface area (Å²) in [5, 5.41) is 0. The van der Waals surface area contributed by atoms with E-state index in [4.69, 9.17) is 11.5 Å². The second-order valence-electron chi connectivity index (χ2n) is 5.95. The summed E-state index contributed by atoms with van der Waals surface area (Å²) in [5.74, 6) is 2.27. The maximum absolute atomic E-state index is 6.08. The lowest BCUT2D eigenvalue weighted by atomic mass is 9.68.